The average Bonchev–Trinajstić information content (AvgIpc) is 2.63. The van der Waals surface area contributed by atoms with Crippen molar-refractivity contribution >= 4 is 12.2 Å². The molecule has 1 heterocycles. The van der Waals surface area contributed by atoms with E-state index in [9.17, 15) is 0 Å². The van der Waals surface area contributed by atoms with Gasteiger partial charge in [0.05, 0.1) is 6.21 Å². The quantitative estimate of drug-likeness (QED) is 0.679. The van der Waals surface area contributed by atoms with Crippen LogP contribution in [0.4, 0.5) is 5.95 Å². The summed E-state index contributed by atoms with van der Waals surface area (Å²) in [5, 5.41) is 14.7. The van der Waals surface area contributed by atoms with Gasteiger partial charge in [-0.3, -0.25) is 0 Å². The van der Waals surface area contributed by atoms with E-state index in [1.165, 1.54) is 0 Å². The van der Waals surface area contributed by atoms with Crippen LogP contribution in [0.3, 0.4) is 0 Å². The summed E-state index contributed by atoms with van der Waals surface area (Å²) in [5.74, 6) is 0.107. The van der Waals surface area contributed by atoms with Crippen LogP contribution in [0.2, 0.25) is 0 Å². The topological polar surface area (TPSA) is 82.0 Å². The number of anilines is 1. The highest BCUT2D eigenvalue weighted by atomic mass is 15.7. The van der Waals surface area contributed by atoms with Gasteiger partial charge in [-0.05, 0) is 15.7 Å². The average molecular weight is 188 g/mol. The van der Waals surface area contributed by atoms with Crippen LogP contribution in [0.1, 0.15) is 5.56 Å². The Kier molecular flexibility index (Phi) is 2.18. The summed E-state index contributed by atoms with van der Waals surface area (Å²) < 4.78 is 0. The first-order valence-corrected chi connectivity index (χ1v) is 3.99. The predicted molar refractivity (Wildman–Crippen MR) is 51.7 cm³/mol. The number of nitrogens with two attached hydrogens (primary N) is 1. The van der Waals surface area contributed by atoms with Gasteiger partial charge >= 0.3 is 0 Å². The zero-order valence-electron chi connectivity index (χ0n) is 7.28. The number of aromatic nitrogens is 4. The van der Waals surface area contributed by atoms with Gasteiger partial charge in [0.1, 0.15) is 0 Å². The van der Waals surface area contributed by atoms with Crippen molar-refractivity contribution in [3.05, 3.63) is 35.9 Å². The summed E-state index contributed by atoms with van der Waals surface area (Å²) in [6.07, 6.45) is 1.63. The Morgan fingerprint density at radius 2 is 2.07 bits per heavy atom. The smallest absolute Gasteiger partial charge is 0.263 e. The van der Waals surface area contributed by atoms with E-state index in [0.29, 0.717) is 0 Å². The van der Waals surface area contributed by atoms with Crippen LogP contribution in [0, 0.1) is 0 Å². The molecular formula is C8H8N6. The molecule has 1 aromatic carbocycles. The molecule has 0 fully saturated rings. The summed E-state index contributed by atoms with van der Waals surface area (Å²) in [4.78, 5) is 1.07. The molecule has 0 atom stereocenters. The monoisotopic (exact) mass is 188 g/mol. The summed E-state index contributed by atoms with van der Waals surface area (Å²) in [6.45, 7) is 0. The molecule has 6 heteroatoms. The van der Waals surface area contributed by atoms with Crippen molar-refractivity contribution in [2.45, 2.75) is 0 Å². The minimum Gasteiger partial charge on any atom is -0.365 e. The number of nitrogens with zero attached hydrogens (tertiary/aromatic N) is 5. The highest BCUT2D eigenvalue weighted by Crippen LogP contribution is 1.94. The Hall–Kier alpha value is -2.24. The van der Waals surface area contributed by atoms with E-state index < -0.39 is 0 Å². The number of tetrazole rings is 1. The van der Waals surface area contributed by atoms with Crippen molar-refractivity contribution in [3.8, 4) is 0 Å². The van der Waals surface area contributed by atoms with Crippen molar-refractivity contribution < 1.29 is 0 Å². The van der Waals surface area contributed by atoms with Crippen LogP contribution in [-0.2, 0) is 0 Å². The zero-order valence-corrected chi connectivity index (χ0v) is 7.28. The fourth-order valence-corrected chi connectivity index (χ4v) is 0.924. The molecule has 0 aliphatic carbocycles. The van der Waals surface area contributed by atoms with Crippen LogP contribution in [-0.4, -0.2) is 26.5 Å². The third-order valence-corrected chi connectivity index (χ3v) is 1.53. The number of hydrogen-bond acceptors (Lipinski definition) is 5. The Morgan fingerprint density at radius 3 is 2.71 bits per heavy atom. The molecular weight excluding hydrogens is 180 g/mol. The molecule has 0 amide bonds. The Balaban J connectivity index is 2.15. The first-order valence-electron chi connectivity index (χ1n) is 3.99. The molecule has 2 rings (SSSR count). The van der Waals surface area contributed by atoms with Gasteiger partial charge in [-0.2, -0.15) is 0 Å². The molecule has 2 N–H and O–H groups in total. The molecule has 0 spiro atoms. The first kappa shape index (κ1) is 8.36. The molecule has 6 nitrogen and oxygen atoms in total. The third kappa shape index (κ3) is 1.92. The van der Waals surface area contributed by atoms with Crippen LogP contribution >= 0.6 is 0 Å². The van der Waals surface area contributed by atoms with Crippen molar-refractivity contribution in [2.24, 2.45) is 5.10 Å². The fourth-order valence-electron chi connectivity index (χ4n) is 0.924. The lowest BCUT2D eigenvalue weighted by Gasteiger charge is -1.89. The largest absolute Gasteiger partial charge is 0.365 e. The second-order valence-electron chi connectivity index (χ2n) is 2.57. The fraction of sp³-hybridized carbons (Fsp3) is 0. The second-order valence-corrected chi connectivity index (χ2v) is 2.57. The van der Waals surface area contributed by atoms with Crippen LogP contribution in [0.15, 0.2) is 35.4 Å². The molecule has 70 valence electrons. The number of benzene rings is 1. The van der Waals surface area contributed by atoms with E-state index in [1.54, 1.807) is 6.21 Å². The van der Waals surface area contributed by atoms with Crippen molar-refractivity contribution in [1.29, 1.82) is 0 Å². The normalized spacial score (nSPS) is 10.9. The molecule has 2 aromatic rings. The van der Waals surface area contributed by atoms with Gasteiger partial charge in [0.2, 0.25) is 0 Å². The van der Waals surface area contributed by atoms with Gasteiger partial charge in [0, 0.05) is 0 Å². The van der Waals surface area contributed by atoms with Crippen LogP contribution < -0.4 is 5.73 Å². The Morgan fingerprint density at radius 1 is 1.29 bits per heavy atom. The van der Waals surface area contributed by atoms with Gasteiger partial charge in [-0.25, -0.2) is 0 Å². The maximum Gasteiger partial charge on any atom is 0.263 e. The SMILES string of the molecule is Nc1nnn(N=Cc2ccccc2)n1. The Bertz CT molecular complexity index is 432. The van der Waals surface area contributed by atoms with E-state index >= 15 is 0 Å². The van der Waals surface area contributed by atoms with Gasteiger partial charge in [0.25, 0.3) is 5.95 Å². The molecule has 0 bridgehead atoms. The lowest BCUT2D eigenvalue weighted by molar-refractivity contribution is 0.614. The lowest BCUT2D eigenvalue weighted by Crippen LogP contribution is -1.95. The van der Waals surface area contributed by atoms with Crippen molar-refractivity contribution in [3.63, 3.8) is 0 Å². The maximum atomic E-state index is 5.27. The van der Waals surface area contributed by atoms with Crippen LogP contribution in [0.5, 0.6) is 0 Å². The Labute approximate surface area is 80.0 Å². The summed E-state index contributed by atoms with van der Waals surface area (Å²) in [7, 11) is 0. The molecule has 0 saturated heterocycles. The van der Waals surface area contributed by atoms with Gasteiger partial charge in [-0.15, -0.1) is 5.10 Å². The summed E-state index contributed by atoms with van der Waals surface area (Å²) >= 11 is 0. The number of nitrogen functional groups attached to an aromatic ring is 1. The molecule has 14 heavy (non-hydrogen) atoms. The lowest BCUT2D eigenvalue weighted by atomic mass is 10.2. The van der Waals surface area contributed by atoms with E-state index in [1.807, 2.05) is 30.3 Å². The third-order valence-electron chi connectivity index (χ3n) is 1.53. The minimum atomic E-state index is 0.107. The van der Waals surface area contributed by atoms with Crippen molar-refractivity contribution in [1.82, 2.24) is 20.3 Å². The number of rotatable bonds is 2. The second kappa shape index (κ2) is 3.65. The van der Waals surface area contributed by atoms with E-state index in [-0.39, 0.29) is 5.95 Å². The van der Waals surface area contributed by atoms with Crippen molar-refractivity contribution in [2.75, 3.05) is 5.73 Å². The first-order chi connectivity index (χ1) is 6.84. The highest BCUT2D eigenvalue weighted by molar-refractivity contribution is 5.79. The summed E-state index contributed by atoms with van der Waals surface area (Å²) in [5.41, 5.74) is 6.23. The van der Waals surface area contributed by atoms with Gasteiger partial charge in [-0.1, -0.05) is 40.5 Å². The molecule has 0 aliphatic heterocycles. The summed E-state index contributed by atoms with van der Waals surface area (Å²) in [6, 6.07) is 9.62. The molecule has 0 radical (unpaired) electrons. The standard InChI is InChI=1S/C8H8N6/c9-8-11-13-14(12-8)10-6-7-4-2-1-3-5-7/h1-6H,(H2,9,12). The zero-order chi connectivity index (χ0) is 9.80. The molecule has 0 saturated carbocycles. The van der Waals surface area contributed by atoms with E-state index in [0.717, 1.165) is 10.5 Å². The van der Waals surface area contributed by atoms with Gasteiger partial charge < -0.3 is 5.73 Å². The number of hydrogen-bond donors (Lipinski definition) is 1. The van der Waals surface area contributed by atoms with Crippen LogP contribution in [0.25, 0.3) is 0 Å². The molecule has 0 unspecified atom stereocenters. The predicted octanol–water partition coefficient (Wildman–Crippen LogP) is 0.137. The van der Waals surface area contributed by atoms with Gasteiger partial charge in [0.15, 0.2) is 0 Å². The molecule has 0 aliphatic rings. The van der Waals surface area contributed by atoms with E-state index in [4.69, 9.17) is 5.73 Å². The van der Waals surface area contributed by atoms with E-state index in [2.05, 4.69) is 20.5 Å². The maximum absolute atomic E-state index is 5.27. The molecule has 1 aromatic heterocycles. The highest BCUT2D eigenvalue weighted by Gasteiger charge is 1.92. The minimum absolute atomic E-state index is 0.107.